The number of hydrogen-bond acceptors (Lipinski definition) is 8. The molecule has 0 spiro atoms. The van der Waals surface area contributed by atoms with Crippen LogP contribution in [0.1, 0.15) is 6.92 Å². The van der Waals surface area contributed by atoms with Crippen LogP contribution in [-0.2, 0) is 23.8 Å². The molecule has 1 aliphatic rings. The van der Waals surface area contributed by atoms with Crippen molar-refractivity contribution >= 4 is 23.7 Å². The molecule has 0 N–H and O–H groups in total. The van der Waals surface area contributed by atoms with Crippen LogP contribution in [0, 0.1) is 0 Å². The van der Waals surface area contributed by atoms with Crippen LogP contribution >= 0.6 is 11.8 Å². The average molecular weight is 392 g/mol. The zero-order chi connectivity index (χ0) is 19.8. The first-order chi connectivity index (χ1) is 13.0. The third kappa shape index (κ3) is 5.05. The van der Waals surface area contributed by atoms with Crippen LogP contribution in [0.4, 0.5) is 0 Å². The molecule has 0 unspecified atom stereocenters. The SMILES string of the molecule is COC(=O)[C@H]1O[C@@H](Sc2ccccc2)[C@@H](N=[N+]=[N-])[C@@H](N=[N+]=[N-])[C@@H]1OC(C)=O. The molecule has 0 bridgehead atoms. The molecule has 1 aliphatic heterocycles. The largest absolute Gasteiger partial charge is 0.467 e. The highest BCUT2D eigenvalue weighted by molar-refractivity contribution is 7.99. The molecule has 0 aromatic heterocycles. The number of nitrogens with zero attached hydrogens (tertiary/aromatic N) is 6. The van der Waals surface area contributed by atoms with Gasteiger partial charge >= 0.3 is 11.9 Å². The molecular weight excluding hydrogens is 376 g/mol. The number of benzene rings is 1. The average Bonchev–Trinajstić information content (AvgIpc) is 2.66. The topological polar surface area (TPSA) is 159 Å². The molecule has 5 atom stereocenters. The van der Waals surface area contributed by atoms with Gasteiger partial charge in [-0.1, -0.05) is 40.2 Å². The van der Waals surface area contributed by atoms with Crippen LogP contribution in [-0.4, -0.2) is 48.8 Å². The van der Waals surface area contributed by atoms with Crippen LogP contribution in [0.3, 0.4) is 0 Å². The lowest BCUT2D eigenvalue weighted by Gasteiger charge is -2.41. The zero-order valence-electron chi connectivity index (χ0n) is 14.4. The first-order valence-corrected chi connectivity index (χ1v) is 8.60. The fourth-order valence-corrected chi connectivity index (χ4v) is 3.69. The molecule has 27 heavy (non-hydrogen) atoms. The predicted molar refractivity (Wildman–Crippen MR) is 94.4 cm³/mol. The summed E-state index contributed by atoms with van der Waals surface area (Å²) in [7, 11) is 1.15. The Bertz CT molecular complexity index is 780. The molecule has 1 fully saturated rings. The lowest BCUT2D eigenvalue weighted by Crippen LogP contribution is -2.58. The van der Waals surface area contributed by atoms with E-state index in [1.807, 2.05) is 6.07 Å². The first-order valence-electron chi connectivity index (χ1n) is 7.72. The lowest BCUT2D eigenvalue weighted by molar-refractivity contribution is -0.185. The molecule has 142 valence electrons. The molecule has 1 heterocycles. The van der Waals surface area contributed by atoms with E-state index in [9.17, 15) is 9.59 Å². The number of thioether (sulfide) groups is 1. The molecule has 0 amide bonds. The molecule has 12 heteroatoms. The van der Waals surface area contributed by atoms with Gasteiger partial charge in [0.25, 0.3) is 0 Å². The van der Waals surface area contributed by atoms with Gasteiger partial charge in [-0.25, -0.2) is 4.79 Å². The molecule has 0 radical (unpaired) electrons. The van der Waals surface area contributed by atoms with Gasteiger partial charge in [0.15, 0.2) is 6.10 Å². The van der Waals surface area contributed by atoms with Gasteiger partial charge in [0.1, 0.15) is 11.5 Å². The van der Waals surface area contributed by atoms with E-state index in [2.05, 4.69) is 20.1 Å². The van der Waals surface area contributed by atoms with Crippen molar-refractivity contribution in [2.45, 2.75) is 41.5 Å². The second-order valence-electron chi connectivity index (χ2n) is 5.34. The maximum absolute atomic E-state index is 12.2. The van der Waals surface area contributed by atoms with Crippen molar-refractivity contribution in [1.29, 1.82) is 0 Å². The van der Waals surface area contributed by atoms with Crippen LogP contribution in [0.25, 0.3) is 20.9 Å². The first kappa shape index (κ1) is 20.4. The van der Waals surface area contributed by atoms with Crippen LogP contribution in [0.15, 0.2) is 45.5 Å². The van der Waals surface area contributed by atoms with Crippen molar-refractivity contribution in [3.05, 3.63) is 51.2 Å². The summed E-state index contributed by atoms with van der Waals surface area (Å²) in [6.45, 7) is 1.13. The van der Waals surface area contributed by atoms with E-state index in [1.165, 1.54) is 11.8 Å². The number of azide groups is 2. The number of rotatable bonds is 6. The van der Waals surface area contributed by atoms with Gasteiger partial charge in [-0.3, -0.25) is 4.79 Å². The van der Waals surface area contributed by atoms with E-state index < -0.39 is 41.7 Å². The fourth-order valence-electron chi connectivity index (χ4n) is 2.57. The number of carbonyl (C=O) groups excluding carboxylic acids is 2. The Labute approximate surface area is 158 Å². The highest BCUT2D eigenvalue weighted by Crippen LogP contribution is 2.37. The standard InChI is InChI=1S/C15H16N6O5S/c1-8(22)25-12-10(18-20-16)11(19-21-17)15(26-13(12)14(23)24-2)27-9-6-4-3-5-7-9/h3-7,10-13,15H,1-2H3/t10-,11+,12+,13+,15+/m1/s1. The highest BCUT2D eigenvalue weighted by atomic mass is 32.2. The van der Waals surface area contributed by atoms with Gasteiger partial charge < -0.3 is 14.2 Å². The van der Waals surface area contributed by atoms with Crippen LogP contribution < -0.4 is 0 Å². The zero-order valence-corrected chi connectivity index (χ0v) is 15.2. The third-order valence-corrected chi connectivity index (χ3v) is 4.81. The minimum absolute atomic E-state index is 0.718. The molecule has 2 rings (SSSR count). The Kier molecular flexibility index (Phi) is 7.33. The molecule has 0 aliphatic carbocycles. The molecule has 11 nitrogen and oxygen atoms in total. The summed E-state index contributed by atoms with van der Waals surface area (Å²) in [5.41, 5.74) is 17.0. The lowest BCUT2D eigenvalue weighted by atomic mass is 9.96. The second kappa shape index (κ2) is 9.70. The summed E-state index contributed by atoms with van der Waals surface area (Å²) in [4.78, 5) is 30.0. The third-order valence-electron chi connectivity index (χ3n) is 3.65. The fraction of sp³-hybridized carbons (Fsp3) is 0.467. The monoisotopic (exact) mass is 392 g/mol. The number of methoxy groups -OCH3 is 1. The Morgan fingerprint density at radius 3 is 2.33 bits per heavy atom. The minimum Gasteiger partial charge on any atom is -0.467 e. The maximum atomic E-state index is 12.2. The summed E-state index contributed by atoms with van der Waals surface area (Å²) in [6.07, 6.45) is -2.64. The number of hydrogen-bond donors (Lipinski definition) is 0. The van der Waals surface area contributed by atoms with Crippen LogP contribution in [0.5, 0.6) is 0 Å². The Hall–Kier alpha value is -2.91. The number of carbonyl (C=O) groups is 2. The summed E-state index contributed by atoms with van der Waals surface area (Å²) >= 11 is 1.18. The normalized spacial score (nSPS) is 26.8. The Morgan fingerprint density at radius 2 is 1.78 bits per heavy atom. The summed E-state index contributed by atoms with van der Waals surface area (Å²) in [5.74, 6) is -1.53. The number of esters is 2. The second-order valence-corrected chi connectivity index (χ2v) is 6.52. The van der Waals surface area contributed by atoms with Crippen molar-refractivity contribution in [2.24, 2.45) is 10.2 Å². The summed E-state index contributed by atoms with van der Waals surface area (Å²) in [5, 5.41) is 7.28. The van der Waals surface area contributed by atoms with Gasteiger partial charge in [0, 0.05) is 21.6 Å². The van der Waals surface area contributed by atoms with Crippen molar-refractivity contribution in [3.8, 4) is 0 Å². The van der Waals surface area contributed by atoms with Crippen molar-refractivity contribution in [2.75, 3.05) is 7.11 Å². The molecule has 1 aromatic carbocycles. The smallest absolute Gasteiger partial charge is 0.338 e. The van der Waals surface area contributed by atoms with E-state index in [0.717, 1.165) is 18.9 Å². The molecular formula is C15H16N6O5S. The van der Waals surface area contributed by atoms with Crippen molar-refractivity contribution in [1.82, 2.24) is 0 Å². The summed E-state index contributed by atoms with van der Waals surface area (Å²) < 4.78 is 15.6. The van der Waals surface area contributed by atoms with Gasteiger partial charge in [-0.2, -0.15) is 0 Å². The van der Waals surface area contributed by atoms with Gasteiger partial charge in [-0.05, 0) is 23.2 Å². The molecule has 1 aromatic rings. The molecule has 1 saturated heterocycles. The van der Waals surface area contributed by atoms with Gasteiger partial charge in [0.05, 0.1) is 19.2 Å². The van der Waals surface area contributed by atoms with Crippen molar-refractivity contribution in [3.63, 3.8) is 0 Å². The van der Waals surface area contributed by atoms with Gasteiger partial charge in [0.2, 0.25) is 0 Å². The quantitative estimate of drug-likeness (QED) is 0.313. The Balaban J connectivity index is 2.46. The van der Waals surface area contributed by atoms with E-state index >= 15 is 0 Å². The van der Waals surface area contributed by atoms with Gasteiger partial charge in [-0.15, -0.1) is 0 Å². The highest BCUT2D eigenvalue weighted by Gasteiger charge is 2.50. The maximum Gasteiger partial charge on any atom is 0.338 e. The molecule has 0 saturated carbocycles. The van der Waals surface area contributed by atoms with E-state index in [1.54, 1.807) is 24.3 Å². The van der Waals surface area contributed by atoms with Crippen LogP contribution in [0.2, 0.25) is 0 Å². The predicted octanol–water partition coefficient (Wildman–Crippen LogP) is 2.97. The summed E-state index contributed by atoms with van der Waals surface area (Å²) in [6, 6.07) is 6.85. The van der Waals surface area contributed by atoms with E-state index in [-0.39, 0.29) is 0 Å². The Morgan fingerprint density at radius 1 is 1.15 bits per heavy atom. The van der Waals surface area contributed by atoms with Crippen molar-refractivity contribution < 1.29 is 23.8 Å². The van der Waals surface area contributed by atoms with E-state index in [4.69, 9.17) is 25.3 Å². The van der Waals surface area contributed by atoms with E-state index in [0.29, 0.717) is 0 Å². The minimum atomic E-state index is -1.35. The number of ether oxygens (including phenoxy) is 3.